The maximum Gasteiger partial charge on any atom is 0.360 e. The van der Waals surface area contributed by atoms with Crippen molar-refractivity contribution in [2.24, 2.45) is 0 Å². The topological polar surface area (TPSA) is 122 Å². The number of alkyl halides is 1. The molecule has 0 aliphatic rings. The fourth-order valence-electron chi connectivity index (χ4n) is 3.62. The standard InChI is InChI=1S/C27H29ClN2O6S/c28-26(27(32)33)36-22-16-14-21(15-17-22)24(30-37(34,35)23-12-5-2-6-13-23)19-25(31)29-18-8-7-11-20-9-3-1-4-10-20/h1-6,9-10,12-17,24,26,30H,7-8,11,18-19H2,(H,29,31)(H,32,33). The Balaban J connectivity index is 1.64. The minimum absolute atomic E-state index is 0.0766. The van der Waals surface area contributed by atoms with Crippen molar-refractivity contribution in [3.05, 3.63) is 96.1 Å². The first-order chi connectivity index (χ1) is 17.7. The van der Waals surface area contributed by atoms with Crippen LogP contribution in [0.3, 0.4) is 0 Å². The maximum absolute atomic E-state index is 13.0. The number of hydrogen-bond donors (Lipinski definition) is 3. The minimum atomic E-state index is -3.91. The molecule has 2 atom stereocenters. The SMILES string of the molecule is O=C(CC(NS(=O)(=O)c1ccccc1)c1ccc(OC(Cl)C(=O)O)cc1)NCCCCc1ccccc1. The maximum atomic E-state index is 13.0. The van der Waals surface area contributed by atoms with E-state index in [4.69, 9.17) is 21.4 Å². The van der Waals surface area contributed by atoms with Gasteiger partial charge in [0.1, 0.15) is 5.75 Å². The number of amides is 1. The van der Waals surface area contributed by atoms with E-state index < -0.39 is 27.6 Å². The van der Waals surface area contributed by atoms with Crippen molar-refractivity contribution in [2.75, 3.05) is 6.54 Å². The molecule has 0 spiro atoms. The van der Waals surface area contributed by atoms with Gasteiger partial charge in [-0.2, -0.15) is 0 Å². The molecule has 196 valence electrons. The Morgan fingerprint density at radius 3 is 2.14 bits per heavy atom. The van der Waals surface area contributed by atoms with Crippen molar-refractivity contribution in [3.8, 4) is 5.75 Å². The van der Waals surface area contributed by atoms with Gasteiger partial charge >= 0.3 is 5.97 Å². The summed E-state index contributed by atoms with van der Waals surface area (Å²) in [6.45, 7) is 0.475. The molecule has 0 bridgehead atoms. The Hall–Kier alpha value is -3.40. The van der Waals surface area contributed by atoms with Gasteiger partial charge in [-0.05, 0) is 54.7 Å². The summed E-state index contributed by atoms with van der Waals surface area (Å²) in [6.07, 6.45) is 2.48. The number of benzene rings is 3. The highest BCUT2D eigenvalue weighted by atomic mass is 35.5. The normalized spacial score (nSPS) is 12.9. The number of aliphatic carboxylic acids is 1. The van der Waals surface area contributed by atoms with Crippen LogP contribution in [-0.4, -0.2) is 37.5 Å². The van der Waals surface area contributed by atoms with E-state index in [9.17, 15) is 18.0 Å². The van der Waals surface area contributed by atoms with Crippen molar-refractivity contribution in [1.29, 1.82) is 0 Å². The number of carboxylic acids is 1. The molecular weight excluding hydrogens is 516 g/mol. The van der Waals surface area contributed by atoms with Crippen LogP contribution < -0.4 is 14.8 Å². The second kappa shape index (κ2) is 13.8. The minimum Gasteiger partial charge on any atom is -0.478 e. The van der Waals surface area contributed by atoms with Gasteiger partial charge in [-0.25, -0.2) is 17.9 Å². The molecular formula is C27H29ClN2O6S. The first kappa shape index (κ1) is 28.2. The van der Waals surface area contributed by atoms with E-state index in [1.165, 1.54) is 29.8 Å². The first-order valence-electron chi connectivity index (χ1n) is 11.8. The molecule has 0 aliphatic carbocycles. The van der Waals surface area contributed by atoms with E-state index in [1.54, 1.807) is 30.3 Å². The van der Waals surface area contributed by atoms with Crippen molar-refractivity contribution >= 4 is 33.5 Å². The van der Waals surface area contributed by atoms with Crippen LogP contribution in [0.2, 0.25) is 0 Å². The van der Waals surface area contributed by atoms with Gasteiger partial charge in [-0.15, -0.1) is 0 Å². The summed E-state index contributed by atoms with van der Waals surface area (Å²) in [7, 11) is -3.91. The van der Waals surface area contributed by atoms with Crippen molar-refractivity contribution < 1.29 is 27.9 Å². The molecule has 0 aromatic heterocycles. The number of carboxylic acid groups (broad SMARTS) is 1. The van der Waals surface area contributed by atoms with Crippen LogP contribution in [0.15, 0.2) is 89.8 Å². The average Bonchev–Trinajstić information content (AvgIpc) is 2.89. The van der Waals surface area contributed by atoms with Gasteiger partial charge in [0.2, 0.25) is 15.9 Å². The largest absolute Gasteiger partial charge is 0.478 e. The van der Waals surface area contributed by atoms with Crippen LogP contribution in [0.5, 0.6) is 5.75 Å². The Kier molecular flexibility index (Phi) is 10.5. The lowest BCUT2D eigenvalue weighted by Gasteiger charge is -2.20. The number of carbonyl (C=O) groups excluding carboxylic acids is 1. The highest BCUT2D eigenvalue weighted by Gasteiger charge is 2.24. The predicted molar refractivity (Wildman–Crippen MR) is 141 cm³/mol. The molecule has 8 nitrogen and oxygen atoms in total. The predicted octanol–water partition coefficient (Wildman–Crippen LogP) is 4.26. The zero-order valence-electron chi connectivity index (χ0n) is 20.0. The van der Waals surface area contributed by atoms with Gasteiger partial charge in [0.05, 0.1) is 10.9 Å². The summed E-state index contributed by atoms with van der Waals surface area (Å²) in [5.74, 6) is -1.44. The number of sulfonamides is 1. The Labute approximate surface area is 221 Å². The van der Waals surface area contributed by atoms with E-state index in [-0.39, 0.29) is 23.0 Å². The summed E-state index contributed by atoms with van der Waals surface area (Å²) in [5, 5.41) is 11.8. The quantitative estimate of drug-likeness (QED) is 0.206. The van der Waals surface area contributed by atoms with Crippen LogP contribution in [0.4, 0.5) is 0 Å². The number of hydrogen-bond acceptors (Lipinski definition) is 5. The lowest BCUT2D eigenvalue weighted by atomic mass is 10.0. The van der Waals surface area contributed by atoms with Crippen LogP contribution in [0, 0.1) is 0 Å². The molecule has 0 radical (unpaired) electrons. The van der Waals surface area contributed by atoms with Crippen molar-refractivity contribution in [3.63, 3.8) is 0 Å². The Morgan fingerprint density at radius 2 is 1.51 bits per heavy atom. The number of halogens is 1. The zero-order chi connectivity index (χ0) is 26.7. The molecule has 0 aliphatic heterocycles. The summed E-state index contributed by atoms with van der Waals surface area (Å²) >= 11 is 5.62. The third kappa shape index (κ3) is 9.20. The molecule has 3 aromatic rings. The summed E-state index contributed by atoms with van der Waals surface area (Å²) in [4.78, 5) is 23.7. The summed E-state index contributed by atoms with van der Waals surface area (Å²) in [5.41, 5.74) is 0.180. The van der Waals surface area contributed by atoms with Crippen LogP contribution >= 0.6 is 11.6 Å². The van der Waals surface area contributed by atoms with E-state index in [0.29, 0.717) is 12.1 Å². The Bertz CT molecular complexity index is 1260. The molecule has 3 N–H and O–H groups in total. The molecule has 3 rings (SSSR count). The first-order valence-corrected chi connectivity index (χ1v) is 13.7. The van der Waals surface area contributed by atoms with Gasteiger partial charge in [0.15, 0.2) is 0 Å². The van der Waals surface area contributed by atoms with Crippen molar-refractivity contribution in [2.45, 2.75) is 42.2 Å². The third-order valence-corrected chi connectivity index (χ3v) is 7.28. The molecule has 1 amide bonds. The molecule has 0 saturated heterocycles. The zero-order valence-corrected chi connectivity index (χ0v) is 21.6. The second-order valence-electron chi connectivity index (χ2n) is 8.32. The van der Waals surface area contributed by atoms with E-state index in [0.717, 1.165) is 19.3 Å². The number of nitrogens with one attached hydrogen (secondary N) is 2. The Morgan fingerprint density at radius 1 is 0.892 bits per heavy atom. The van der Waals surface area contributed by atoms with Crippen LogP contribution in [0.25, 0.3) is 0 Å². The van der Waals surface area contributed by atoms with Crippen LogP contribution in [0.1, 0.15) is 36.4 Å². The molecule has 10 heteroatoms. The smallest absolute Gasteiger partial charge is 0.360 e. The molecule has 2 unspecified atom stereocenters. The fraction of sp³-hybridized carbons (Fsp3) is 0.259. The average molecular weight is 545 g/mol. The van der Waals surface area contributed by atoms with Gasteiger partial charge in [-0.1, -0.05) is 72.3 Å². The lowest BCUT2D eigenvalue weighted by molar-refractivity contribution is -0.141. The van der Waals surface area contributed by atoms with Crippen molar-refractivity contribution in [1.82, 2.24) is 10.0 Å². The van der Waals surface area contributed by atoms with E-state index in [2.05, 4.69) is 22.2 Å². The van der Waals surface area contributed by atoms with E-state index >= 15 is 0 Å². The van der Waals surface area contributed by atoms with Gasteiger partial charge in [-0.3, -0.25) is 4.79 Å². The number of rotatable bonds is 14. The molecule has 0 fully saturated rings. The third-order valence-electron chi connectivity index (χ3n) is 5.51. The number of aryl methyl sites for hydroxylation is 1. The van der Waals surface area contributed by atoms with Crippen LogP contribution in [-0.2, 0) is 26.0 Å². The molecule has 0 saturated carbocycles. The highest BCUT2D eigenvalue weighted by Crippen LogP contribution is 2.24. The summed E-state index contributed by atoms with van der Waals surface area (Å²) in [6, 6.07) is 23.2. The van der Waals surface area contributed by atoms with Gasteiger partial charge < -0.3 is 15.2 Å². The highest BCUT2D eigenvalue weighted by molar-refractivity contribution is 7.89. The number of ether oxygens (including phenoxy) is 1. The molecule has 0 heterocycles. The second-order valence-corrected chi connectivity index (χ2v) is 10.4. The molecule has 3 aromatic carbocycles. The summed E-state index contributed by atoms with van der Waals surface area (Å²) < 4.78 is 33.7. The van der Waals surface area contributed by atoms with Gasteiger partial charge in [0, 0.05) is 13.0 Å². The molecule has 37 heavy (non-hydrogen) atoms. The van der Waals surface area contributed by atoms with E-state index in [1.807, 2.05) is 18.2 Å². The van der Waals surface area contributed by atoms with Gasteiger partial charge in [0.25, 0.3) is 5.56 Å². The lowest BCUT2D eigenvalue weighted by Crippen LogP contribution is -2.34. The number of carbonyl (C=O) groups is 2. The number of unbranched alkanes of at least 4 members (excludes halogenated alkanes) is 1. The monoisotopic (exact) mass is 544 g/mol. The fourth-order valence-corrected chi connectivity index (χ4v) is 4.96.